The van der Waals surface area contributed by atoms with Crippen molar-refractivity contribution in [3.05, 3.63) is 43.0 Å². The van der Waals surface area contributed by atoms with Crippen LogP contribution in [-0.4, -0.2) is 46.8 Å². The topological polar surface area (TPSA) is 93.1 Å². The number of carboxylic acids is 1. The van der Waals surface area contributed by atoms with Crippen molar-refractivity contribution >= 4 is 23.6 Å². The third-order valence-corrected chi connectivity index (χ3v) is 7.02. The molecular weight excluding hydrogens is 470 g/mol. The number of hydrogen-bond donors (Lipinski definition) is 1. The van der Waals surface area contributed by atoms with Crippen molar-refractivity contribution in [3.63, 3.8) is 0 Å². The van der Waals surface area contributed by atoms with E-state index in [9.17, 15) is 14.4 Å². The number of unbranched alkanes of at least 4 members (excludes halogenated alkanes) is 5. The van der Waals surface area contributed by atoms with Crippen LogP contribution in [0.1, 0.15) is 91.9 Å². The minimum atomic E-state index is -0.756. The Morgan fingerprint density at radius 3 is 2.19 bits per heavy atom. The highest BCUT2D eigenvalue weighted by atomic mass is 16.6. The first kappa shape index (κ1) is 30.4. The summed E-state index contributed by atoms with van der Waals surface area (Å²) in [5.41, 5.74) is 0.421. The molecule has 0 aliphatic carbocycles. The van der Waals surface area contributed by atoms with Gasteiger partial charge in [0.2, 0.25) is 0 Å². The number of rotatable bonds is 15. The van der Waals surface area contributed by atoms with Crippen LogP contribution < -0.4 is 4.90 Å². The monoisotopic (exact) mass is 515 g/mol. The normalized spacial score (nSPS) is 20.9. The van der Waals surface area contributed by atoms with E-state index in [4.69, 9.17) is 14.6 Å². The second kappa shape index (κ2) is 14.8. The van der Waals surface area contributed by atoms with Gasteiger partial charge in [-0.3, -0.25) is 9.59 Å². The van der Waals surface area contributed by atoms with E-state index >= 15 is 0 Å². The molecule has 37 heavy (non-hydrogen) atoms. The van der Waals surface area contributed by atoms with E-state index in [0.717, 1.165) is 50.3 Å². The van der Waals surface area contributed by atoms with Crippen LogP contribution in [0.4, 0.5) is 5.69 Å². The van der Waals surface area contributed by atoms with E-state index in [2.05, 4.69) is 37.5 Å². The molecule has 1 aromatic rings. The van der Waals surface area contributed by atoms with Crippen molar-refractivity contribution in [1.29, 1.82) is 0 Å². The average molecular weight is 516 g/mol. The van der Waals surface area contributed by atoms with Crippen LogP contribution in [0.5, 0.6) is 0 Å². The fourth-order valence-electron chi connectivity index (χ4n) is 5.42. The minimum Gasteiger partial charge on any atom is -0.481 e. The standard InChI is InChI=1S/C30H45NO6/c1-6-27(34)37-29-25(36-28(35)19-15-10-8-7-9-14-18-26(32)33)21-24(20-22(2)3)31(30(29,4)5)23-16-12-11-13-17-23/h6,11-13,16-17,22,24-25,29H,1,7-10,14-15,18-21H2,2-5H3,(H,32,33). The van der Waals surface area contributed by atoms with Crippen molar-refractivity contribution in [2.24, 2.45) is 5.92 Å². The van der Waals surface area contributed by atoms with Gasteiger partial charge < -0.3 is 19.5 Å². The third kappa shape index (κ3) is 9.52. The zero-order chi connectivity index (χ0) is 27.4. The fraction of sp³-hybridized carbons (Fsp3) is 0.633. The smallest absolute Gasteiger partial charge is 0.330 e. The van der Waals surface area contributed by atoms with Crippen molar-refractivity contribution in [2.75, 3.05) is 4.90 Å². The zero-order valence-corrected chi connectivity index (χ0v) is 23.0. The number of ether oxygens (including phenoxy) is 2. The van der Waals surface area contributed by atoms with Crippen LogP contribution in [0.15, 0.2) is 43.0 Å². The fourth-order valence-corrected chi connectivity index (χ4v) is 5.42. The van der Waals surface area contributed by atoms with Crippen molar-refractivity contribution in [2.45, 2.75) is 116 Å². The number of esters is 2. The summed E-state index contributed by atoms with van der Waals surface area (Å²) in [6.45, 7) is 12.0. The third-order valence-electron chi connectivity index (χ3n) is 7.02. The van der Waals surface area contributed by atoms with Crippen LogP contribution in [0.3, 0.4) is 0 Å². The lowest BCUT2D eigenvalue weighted by Gasteiger charge is -2.55. The Balaban J connectivity index is 2.09. The Kier molecular flexibility index (Phi) is 12.2. The molecule has 3 atom stereocenters. The predicted molar refractivity (Wildman–Crippen MR) is 145 cm³/mol. The molecule has 1 saturated heterocycles. The average Bonchev–Trinajstić information content (AvgIpc) is 2.82. The van der Waals surface area contributed by atoms with Gasteiger partial charge >= 0.3 is 17.9 Å². The van der Waals surface area contributed by atoms with E-state index in [-0.39, 0.29) is 18.4 Å². The molecule has 1 fully saturated rings. The molecule has 1 aliphatic heterocycles. The number of para-hydroxylation sites is 1. The number of carbonyl (C=O) groups excluding carboxylic acids is 2. The molecule has 0 aromatic heterocycles. The predicted octanol–water partition coefficient (Wildman–Crippen LogP) is 6.31. The van der Waals surface area contributed by atoms with Crippen molar-refractivity contribution in [3.8, 4) is 0 Å². The number of aliphatic carboxylic acids is 1. The van der Waals surface area contributed by atoms with Gasteiger partial charge in [0, 0.05) is 37.1 Å². The Bertz CT molecular complexity index is 881. The number of anilines is 1. The summed E-state index contributed by atoms with van der Waals surface area (Å²) in [5, 5.41) is 8.71. The van der Waals surface area contributed by atoms with Crippen LogP contribution in [-0.2, 0) is 23.9 Å². The van der Waals surface area contributed by atoms with E-state index in [1.807, 2.05) is 32.0 Å². The molecular formula is C30H45NO6. The molecule has 7 heteroatoms. The Labute approximate surface area is 222 Å². The summed E-state index contributed by atoms with van der Waals surface area (Å²) < 4.78 is 11.9. The SMILES string of the molecule is C=CC(=O)OC1C(OC(=O)CCCCCCCCC(=O)O)CC(CC(C)C)N(c2ccccc2)C1(C)C. The zero-order valence-electron chi connectivity index (χ0n) is 23.0. The second-order valence-corrected chi connectivity index (χ2v) is 11.0. The molecule has 1 N–H and O–H groups in total. The number of carboxylic acid groups (broad SMARTS) is 1. The molecule has 206 valence electrons. The highest BCUT2D eigenvalue weighted by Gasteiger charge is 2.52. The number of carbonyl (C=O) groups is 3. The quantitative estimate of drug-likeness (QED) is 0.166. The first-order chi connectivity index (χ1) is 17.6. The van der Waals surface area contributed by atoms with Crippen LogP contribution in [0.2, 0.25) is 0 Å². The Morgan fingerprint density at radius 2 is 1.62 bits per heavy atom. The first-order valence-corrected chi connectivity index (χ1v) is 13.6. The van der Waals surface area contributed by atoms with Crippen LogP contribution in [0.25, 0.3) is 0 Å². The molecule has 0 spiro atoms. The molecule has 1 heterocycles. The lowest BCUT2D eigenvalue weighted by molar-refractivity contribution is -0.175. The van der Waals surface area contributed by atoms with Gasteiger partial charge in [-0.25, -0.2) is 4.79 Å². The number of piperidine rings is 1. The molecule has 1 aliphatic rings. The summed E-state index contributed by atoms with van der Waals surface area (Å²) in [4.78, 5) is 38.1. The molecule has 0 amide bonds. The summed E-state index contributed by atoms with van der Waals surface area (Å²) in [6.07, 6.45) is 7.07. The maximum Gasteiger partial charge on any atom is 0.330 e. The van der Waals surface area contributed by atoms with Gasteiger partial charge in [0.25, 0.3) is 0 Å². The number of hydrogen-bond acceptors (Lipinski definition) is 6. The summed E-state index contributed by atoms with van der Waals surface area (Å²) in [7, 11) is 0. The van der Waals surface area contributed by atoms with Gasteiger partial charge in [0.1, 0.15) is 6.10 Å². The van der Waals surface area contributed by atoms with Gasteiger partial charge in [-0.1, -0.05) is 64.3 Å². The van der Waals surface area contributed by atoms with E-state index < -0.39 is 29.7 Å². The molecule has 3 unspecified atom stereocenters. The Morgan fingerprint density at radius 1 is 1.03 bits per heavy atom. The largest absolute Gasteiger partial charge is 0.481 e. The Hall–Kier alpha value is -2.83. The summed E-state index contributed by atoms with van der Waals surface area (Å²) in [5.74, 6) is -1.13. The summed E-state index contributed by atoms with van der Waals surface area (Å²) in [6, 6.07) is 10.2. The maximum absolute atomic E-state index is 12.9. The lowest BCUT2D eigenvalue weighted by atomic mass is 9.78. The van der Waals surface area contributed by atoms with E-state index in [1.54, 1.807) is 0 Å². The molecule has 0 bridgehead atoms. The van der Waals surface area contributed by atoms with E-state index in [1.165, 1.54) is 0 Å². The van der Waals surface area contributed by atoms with Crippen molar-refractivity contribution in [1.82, 2.24) is 0 Å². The molecule has 0 saturated carbocycles. The minimum absolute atomic E-state index is 0.111. The number of benzene rings is 1. The molecule has 0 radical (unpaired) electrons. The molecule has 1 aromatic carbocycles. The van der Waals surface area contributed by atoms with Gasteiger partial charge in [-0.05, 0) is 51.2 Å². The van der Waals surface area contributed by atoms with Gasteiger partial charge in [-0.15, -0.1) is 0 Å². The summed E-state index contributed by atoms with van der Waals surface area (Å²) >= 11 is 0. The first-order valence-electron chi connectivity index (χ1n) is 13.6. The van der Waals surface area contributed by atoms with Gasteiger partial charge in [-0.2, -0.15) is 0 Å². The van der Waals surface area contributed by atoms with Gasteiger partial charge in [0.15, 0.2) is 6.10 Å². The maximum atomic E-state index is 12.9. The van der Waals surface area contributed by atoms with E-state index in [0.29, 0.717) is 25.2 Å². The van der Waals surface area contributed by atoms with Crippen LogP contribution >= 0.6 is 0 Å². The molecule has 2 rings (SSSR count). The second-order valence-electron chi connectivity index (χ2n) is 11.0. The highest BCUT2D eigenvalue weighted by molar-refractivity contribution is 5.81. The molecule has 7 nitrogen and oxygen atoms in total. The van der Waals surface area contributed by atoms with Crippen molar-refractivity contribution < 1.29 is 29.0 Å². The lowest BCUT2D eigenvalue weighted by Crippen LogP contribution is -2.67. The highest BCUT2D eigenvalue weighted by Crippen LogP contribution is 2.41. The van der Waals surface area contributed by atoms with Gasteiger partial charge in [0.05, 0.1) is 5.54 Å². The number of nitrogens with zero attached hydrogens (tertiary/aromatic N) is 1. The van der Waals surface area contributed by atoms with Crippen LogP contribution in [0, 0.1) is 5.92 Å².